The monoisotopic (exact) mass is 465 g/mol. The normalized spacial score (nSPS) is 12.7. The maximum absolute atomic E-state index is 6.62. The van der Waals surface area contributed by atoms with Gasteiger partial charge >= 0.3 is 0 Å². The third-order valence-electron chi connectivity index (χ3n) is 7.38. The number of ether oxygens (including phenoxy) is 2. The van der Waals surface area contributed by atoms with Crippen molar-refractivity contribution < 1.29 is 9.47 Å². The highest BCUT2D eigenvalue weighted by Crippen LogP contribution is 2.39. The fraction of sp³-hybridized carbons (Fsp3) is 0.0938. The average molecular weight is 465 g/mol. The summed E-state index contributed by atoms with van der Waals surface area (Å²) in [7, 11) is 0. The van der Waals surface area contributed by atoms with Crippen LogP contribution in [0, 0.1) is 20.8 Å². The van der Waals surface area contributed by atoms with E-state index in [2.05, 4.69) is 75.4 Å². The van der Waals surface area contributed by atoms with E-state index in [0.717, 1.165) is 56.2 Å². The number of nitrogens with zero attached hydrogens (tertiary/aromatic N) is 1. The van der Waals surface area contributed by atoms with Gasteiger partial charge in [-0.3, -0.25) is 4.98 Å². The zero-order valence-corrected chi connectivity index (χ0v) is 20.5. The van der Waals surface area contributed by atoms with Crippen LogP contribution in [0.4, 0.5) is 0 Å². The van der Waals surface area contributed by atoms with Crippen LogP contribution in [-0.4, -0.2) is 11.7 Å². The molecule has 3 heterocycles. The molecule has 0 atom stereocenters. The van der Waals surface area contributed by atoms with Crippen molar-refractivity contribution >= 4 is 23.1 Å². The summed E-state index contributed by atoms with van der Waals surface area (Å²) in [6, 6.07) is 29.6. The van der Waals surface area contributed by atoms with Crippen LogP contribution in [0.1, 0.15) is 16.7 Å². The van der Waals surface area contributed by atoms with Crippen molar-refractivity contribution in [3.05, 3.63) is 108 Å². The quantitative estimate of drug-likeness (QED) is 0.291. The lowest BCUT2D eigenvalue weighted by Crippen LogP contribution is -2.57. The molecule has 0 amide bonds. The first-order valence-electron chi connectivity index (χ1n) is 12.3. The van der Waals surface area contributed by atoms with E-state index in [1.807, 2.05) is 36.5 Å². The summed E-state index contributed by atoms with van der Waals surface area (Å²) in [5, 5.41) is 0. The number of rotatable bonds is 2. The number of benzene rings is 4. The standard InChI is InChI=1S/C32H24BNO2/c1-19-14-15-22(20(2)16-19)24-17-27(34-18-21(24)3)23-8-6-10-26-32(23)36-30-13-7-12-29-31(30)33(26)25-9-4-5-11-28(25)35-29/h4-18H,1-3H3. The molecule has 2 aliphatic rings. The molecule has 0 fully saturated rings. The molecule has 0 spiro atoms. The second-order valence-corrected chi connectivity index (χ2v) is 9.77. The molecule has 0 radical (unpaired) electrons. The minimum atomic E-state index is 0.0501. The van der Waals surface area contributed by atoms with Crippen LogP contribution >= 0.6 is 0 Å². The van der Waals surface area contributed by atoms with Crippen LogP contribution in [0.5, 0.6) is 23.0 Å². The molecular weight excluding hydrogens is 441 g/mol. The molecule has 0 unspecified atom stereocenters. The van der Waals surface area contributed by atoms with Gasteiger partial charge in [0.05, 0.1) is 5.69 Å². The number of aryl methyl sites for hydroxylation is 3. The summed E-state index contributed by atoms with van der Waals surface area (Å²) < 4.78 is 12.9. The highest BCUT2D eigenvalue weighted by molar-refractivity contribution is 6.98. The van der Waals surface area contributed by atoms with E-state index in [4.69, 9.17) is 14.5 Å². The van der Waals surface area contributed by atoms with Gasteiger partial charge in [0, 0.05) is 17.2 Å². The van der Waals surface area contributed by atoms with E-state index in [9.17, 15) is 0 Å². The van der Waals surface area contributed by atoms with E-state index in [0.29, 0.717) is 0 Å². The Balaban J connectivity index is 1.43. The van der Waals surface area contributed by atoms with Gasteiger partial charge in [0.1, 0.15) is 23.0 Å². The van der Waals surface area contributed by atoms with Crippen molar-refractivity contribution in [1.29, 1.82) is 0 Å². The van der Waals surface area contributed by atoms with Crippen LogP contribution in [0.2, 0.25) is 0 Å². The number of hydrogen-bond acceptors (Lipinski definition) is 3. The summed E-state index contributed by atoms with van der Waals surface area (Å²) >= 11 is 0. The number of aromatic nitrogens is 1. The van der Waals surface area contributed by atoms with E-state index < -0.39 is 0 Å². The van der Waals surface area contributed by atoms with Crippen LogP contribution in [0.15, 0.2) is 91.1 Å². The van der Waals surface area contributed by atoms with Crippen molar-refractivity contribution in [1.82, 2.24) is 4.98 Å². The molecule has 4 aromatic carbocycles. The Labute approximate surface area is 211 Å². The molecule has 36 heavy (non-hydrogen) atoms. The van der Waals surface area contributed by atoms with Gasteiger partial charge in [0.2, 0.25) is 0 Å². The molecule has 1 aromatic heterocycles. The SMILES string of the molecule is Cc1ccc(-c2cc(-c3cccc4c3Oc3cccc5c3B4c3ccccc3O5)ncc2C)c(C)c1. The van der Waals surface area contributed by atoms with Gasteiger partial charge in [0.15, 0.2) is 0 Å². The van der Waals surface area contributed by atoms with Crippen molar-refractivity contribution in [2.24, 2.45) is 0 Å². The van der Waals surface area contributed by atoms with Gasteiger partial charge in [-0.2, -0.15) is 0 Å². The third-order valence-corrected chi connectivity index (χ3v) is 7.38. The first-order chi connectivity index (χ1) is 17.6. The Morgan fingerprint density at radius 1 is 0.611 bits per heavy atom. The molecule has 0 saturated heterocycles. The van der Waals surface area contributed by atoms with Gasteiger partial charge in [-0.25, -0.2) is 0 Å². The fourth-order valence-electron chi connectivity index (χ4n) is 5.68. The molecule has 5 aromatic rings. The zero-order chi connectivity index (χ0) is 24.4. The Bertz CT molecular complexity index is 1690. The molecule has 7 rings (SSSR count). The highest BCUT2D eigenvalue weighted by Gasteiger charge is 2.40. The number of fused-ring (bicyclic) bond motifs is 4. The first kappa shape index (κ1) is 21.0. The van der Waals surface area contributed by atoms with Crippen LogP contribution in [0.3, 0.4) is 0 Å². The number of para-hydroxylation sites is 2. The summed E-state index contributed by atoms with van der Waals surface area (Å²) in [6.07, 6.45) is 1.97. The largest absolute Gasteiger partial charge is 0.458 e. The predicted molar refractivity (Wildman–Crippen MR) is 147 cm³/mol. The van der Waals surface area contributed by atoms with Crippen LogP contribution in [-0.2, 0) is 0 Å². The van der Waals surface area contributed by atoms with Gasteiger partial charge in [-0.05, 0) is 84.3 Å². The Morgan fingerprint density at radius 2 is 1.36 bits per heavy atom. The predicted octanol–water partition coefficient (Wildman–Crippen LogP) is 6.07. The zero-order valence-electron chi connectivity index (χ0n) is 20.5. The van der Waals surface area contributed by atoms with E-state index >= 15 is 0 Å². The summed E-state index contributed by atoms with van der Waals surface area (Å²) in [5.74, 6) is 3.47. The second-order valence-electron chi connectivity index (χ2n) is 9.77. The Hall–Kier alpha value is -4.31. The molecule has 3 nitrogen and oxygen atoms in total. The van der Waals surface area contributed by atoms with Crippen molar-refractivity contribution in [2.45, 2.75) is 20.8 Å². The molecule has 0 N–H and O–H groups in total. The summed E-state index contributed by atoms with van der Waals surface area (Å²) in [6.45, 7) is 6.48. The average Bonchev–Trinajstić information content (AvgIpc) is 2.89. The molecule has 4 heteroatoms. The maximum atomic E-state index is 6.62. The second kappa shape index (κ2) is 7.86. The first-order valence-corrected chi connectivity index (χ1v) is 12.3. The number of hydrogen-bond donors (Lipinski definition) is 0. The maximum Gasteiger partial charge on any atom is 0.260 e. The molecule has 0 aliphatic carbocycles. The molecule has 2 aliphatic heterocycles. The van der Waals surface area contributed by atoms with Crippen LogP contribution < -0.4 is 25.9 Å². The Morgan fingerprint density at radius 3 is 2.22 bits per heavy atom. The van der Waals surface area contributed by atoms with Gasteiger partial charge in [-0.1, -0.05) is 60.2 Å². The number of pyridine rings is 1. The highest BCUT2D eigenvalue weighted by atomic mass is 16.5. The lowest BCUT2D eigenvalue weighted by atomic mass is 9.34. The molecule has 0 bridgehead atoms. The minimum Gasteiger partial charge on any atom is -0.458 e. The lowest BCUT2D eigenvalue weighted by molar-refractivity contribution is 0.465. The molecule has 172 valence electrons. The van der Waals surface area contributed by atoms with Gasteiger partial charge in [0.25, 0.3) is 6.71 Å². The van der Waals surface area contributed by atoms with E-state index in [1.54, 1.807) is 0 Å². The van der Waals surface area contributed by atoms with E-state index in [1.165, 1.54) is 22.3 Å². The summed E-state index contributed by atoms with van der Waals surface area (Å²) in [4.78, 5) is 4.87. The van der Waals surface area contributed by atoms with Crippen molar-refractivity contribution in [3.8, 4) is 45.4 Å². The van der Waals surface area contributed by atoms with Crippen molar-refractivity contribution in [3.63, 3.8) is 0 Å². The Kier molecular flexibility index (Phi) is 4.59. The molecule has 0 saturated carbocycles. The lowest BCUT2D eigenvalue weighted by Gasteiger charge is -2.33. The van der Waals surface area contributed by atoms with Gasteiger partial charge < -0.3 is 9.47 Å². The topological polar surface area (TPSA) is 31.4 Å². The third kappa shape index (κ3) is 3.11. The van der Waals surface area contributed by atoms with Crippen molar-refractivity contribution in [2.75, 3.05) is 0 Å². The minimum absolute atomic E-state index is 0.0501. The smallest absolute Gasteiger partial charge is 0.260 e. The van der Waals surface area contributed by atoms with Gasteiger partial charge in [-0.15, -0.1) is 0 Å². The fourth-order valence-corrected chi connectivity index (χ4v) is 5.68. The molecular formula is C32H24BNO2. The van der Waals surface area contributed by atoms with E-state index in [-0.39, 0.29) is 6.71 Å². The van der Waals surface area contributed by atoms with Crippen LogP contribution in [0.25, 0.3) is 22.4 Å². The summed E-state index contributed by atoms with van der Waals surface area (Å²) in [5.41, 5.74) is 11.4.